The van der Waals surface area contributed by atoms with Crippen LogP contribution in [0.1, 0.15) is 58.4 Å². The van der Waals surface area contributed by atoms with Crippen molar-refractivity contribution in [3.05, 3.63) is 62.8 Å². The molecule has 154 valence electrons. The number of ether oxygens (including phenoxy) is 2. The van der Waals surface area contributed by atoms with Crippen LogP contribution in [0.5, 0.6) is 5.75 Å². The fraction of sp³-hybridized carbons (Fsp3) is 0.304. The molecule has 0 fully saturated rings. The maximum Gasteiger partial charge on any atom is 0.343 e. The molecule has 0 aliphatic carbocycles. The minimum Gasteiger partial charge on any atom is -0.462 e. The summed E-state index contributed by atoms with van der Waals surface area (Å²) in [7, 11) is 0. The molecule has 2 aromatic carbocycles. The number of fused-ring (bicyclic) bond motifs is 1. The highest BCUT2D eigenvalue weighted by Crippen LogP contribution is 2.40. The predicted molar refractivity (Wildman–Crippen MR) is 117 cm³/mol. The van der Waals surface area contributed by atoms with Crippen molar-refractivity contribution in [2.24, 2.45) is 0 Å². The summed E-state index contributed by atoms with van der Waals surface area (Å²) in [5, 5.41) is 0.539. The number of carbonyl (C=O) groups excluding carboxylic acids is 2. The van der Waals surface area contributed by atoms with Crippen LogP contribution in [0.15, 0.2) is 39.2 Å². The van der Waals surface area contributed by atoms with E-state index in [2.05, 4.69) is 15.9 Å². The Hall–Kier alpha value is -2.60. The van der Waals surface area contributed by atoms with Gasteiger partial charge in [-0.05, 0) is 67.4 Å². The third-order valence-electron chi connectivity index (χ3n) is 4.20. The molecule has 6 heteroatoms. The van der Waals surface area contributed by atoms with Crippen molar-refractivity contribution in [2.45, 2.75) is 41.5 Å². The minimum absolute atomic E-state index is 0.254. The van der Waals surface area contributed by atoms with E-state index in [1.807, 2.05) is 39.8 Å². The van der Waals surface area contributed by atoms with Crippen LogP contribution in [-0.4, -0.2) is 18.5 Å². The fourth-order valence-electron chi connectivity index (χ4n) is 2.85. The highest BCUT2D eigenvalue weighted by atomic mass is 79.9. The number of benzene rings is 2. The topological polar surface area (TPSA) is 65.7 Å². The monoisotopic (exact) mass is 460 g/mol. The molecule has 3 aromatic rings. The average Bonchev–Trinajstić information content (AvgIpc) is 3.06. The normalized spacial score (nSPS) is 10.3. The molecule has 0 N–H and O–H groups in total. The molecule has 0 aliphatic rings. The van der Waals surface area contributed by atoms with E-state index in [-0.39, 0.29) is 6.61 Å². The number of rotatable bonds is 4. The first-order chi connectivity index (χ1) is 13.8. The first kappa shape index (κ1) is 22.7. The Kier molecular flexibility index (Phi) is 7.62. The molecule has 0 unspecified atom stereocenters. The van der Waals surface area contributed by atoms with E-state index in [1.165, 1.54) is 0 Å². The quantitative estimate of drug-likeness (QED) is 0.326. The summed E-state index contributed by atoms with van der Waals surface area (Å²) in [6, 6.07) is 8.82. The van der Waals surface area contributed by atoms with E-state index >= 15 is 0 Å². The zero-order valence-corrected chi connectivity index (χ0v) is 19.1. The first-order valence-corrected chi connectivity index (χ1v) is 10.3. The van der Waals surface area contributed by atoms with Crippen LogP contribution < -0.4 is 4.74 Å². The highest BCUT2D eigenvalue weighted by Gasteiger charge is 2.25. The third-order valence-corrected chi connectivity index (χ3v) is 4.98. The van der Waals surface area contributed by atoms with Crippen molar-refractivity contribution in [2.75, 3.05) is 6.61 Å². The Balaban J connectivity index is 0.00000145. The number of hydrogen-bond acceptors (Lipinski definition) is 5. The molecule has 3 rings (SSSR count). The SMILES string of the molecule is CC.CCOC(=O)c1c(C)oc2c(C)cc(OC(=O)c3ccc(C)cc3)c(Br)c12. The second kappa shape index (κ2) is 9.74. The Morgan fingerprint density at radius 3 is 2.24 bits per heavy atom. The van der Waals surface area contributed by atoms with E-state index in [0.29, 0.717) is 38.1 Å². The molecule has 0 aliphatic heterocycles. The van der Waals surface area contributed by atoms with Crippen molar-refractivity contribution in [1.82, 2.24) is 0 Å². The van der Waals surface area contributed by atoms with Gasteiger partial charge in [-0.25, -0.2) is 9.59 Å². The fourth-order valence-corrected chi connectivity index (χ4v) is 3.43. The van der Waals surface area contributed by atoms with Crippen LogP contribution in [0.25, 0.3) is 11.0 Å². The summed E-state index contributed by atoms with van der Waals surface area (Å²) in [5.74, 6) is -0.186. The number of esters is 2. The van der Waals surface area contributed by atoms with Gasteiger partial charge in [-0.3, -0.25) is 0 Å². The van der Waals surface area contributed by atoms with Gasteiger partial charge in [-0.1, -0.05) is 31.5 Å². The van der Waals surface area contributed by atoms with Gasteiger partial charge in [0.1, 0.15) is 22.7 Å². The number of hydrogen-bond donors (Lipinski definition) is 0. The maximum absolute atomic E-state index is 12.5. The summed E-state index contributed by atoms with van der Waals surface area (Å²) in [5.41, 5.74) is 3.13. The average molecular weight is 461 g/mol. The van der Waals surface area contributed by atoms with Crippen molar-refractivity contribution < 1.29 is 23.5 Å². The van der Waals surface area contributed by atoms with Crippen LogP contribution in [0.4, 0.5) is 0 Å². The van der Waals surface area contributed by atoms with Crippen LogP contribution in [-0.2, 0) is 4.74 Å². The molecule has 0 amide bonds. The summed E-state index contributed by atoms with van der Waals surface area (Å²) in [6.07, 6.45) is 0. The van der Waals surface area contributed by atoms with E-state index in [9.17, 15) is 9.59 Å². The molecule has 5 nitrogen and oxygen atoms in total. The summed E-state index contributed by atoms with van der Waals surface area (Å²) in [4.78, 5) is 24.9. The predicted octanol–water partition coefficient (Wildman–Crippen LogP) is 6.54. The van der Waals surface area contributed by atoms with Gasteiger partial charge in [0.2, 0.25) is 0 Å². The molecule has 0 atom stereocenters. The van der Waals surface area contributed by atoms with Crippen molar-refractivity contribution in [3.8, 4) is 5.75 Å². The molecule has 29 heavy (non-hydrogen) atoms. The van der Waals surface area contributed by atoms with Crippen LogP contribution in [0, 0.1) is 20.8 Å². The lowest BCUT2D eigenvalue weighted by molar-refractivity contribution is 0.0526. The second-order valence-corrected chi connectivity index (χ2v) is 7.01. The number of aryl methyl sites for hydroxylation is 3. The molecule has 0 bridgehead atoms. The summed E-state index contributed by atoms with van der Waals surface area (Å²) in [6.45, 7) is 11.5. The molecule has 1 aromatic heterocycles. The molecule has 0 radical (unpaired) electrons. The second-order valence-electron chi connectivity index (χ2n) is 6.22. The van der Waals surface area contributed by atoms with Crippen LogP contribution in [0.2, 0.25) is 0 Å². The van der Waals surface area contributed by atoms with Gasteiger partial charge in [0, 0.05) is 0 Å². The van der Waals surface area contributed by atoms with E-state index in [4.69, 9.17) is 13.9 Å². The number of halogens is 1. The smallest absolute Gasteiger partial charge is 0.343 e. The van der Waals surface area contributed by atoms with Crippen molar-refractivity contribution in [3.63, 3.8) is 0 Å². The molecule has 0 saturated carbocycles. The van der Waals surface area contributed by atoms with E-state index in [0.717, 1.165) is 11.1 Å². The Bertz CT molecular complexity index is 1030. The van der Waals surface area contributed by atoms with Gasteiger partial charge in [0.15, 0.2) is 0 Å². The Labute approximate surface area is 179 Å². The Morgan fingerprint density at radius 1 is 1.03 bits per heavy atom. The molecular formula is C23H25BrO5. The standard InChI is InChI=1S/C21H19BrO5.C2H6/c1-5-25-21(24)16-13(4)26-19-12(3)10-15(18(22)17(16)19)27-20(23)14-8-6-11(2)7-9-14;1-2/h6-10H,5H2,1-4H3;1-2H3. The lowest BCUT2D eigenvalue weighted by atomic mass is 10.1. The van der Waals surface area contributed by atoms with Crippen LogP contribution >= 0.6 is 15.9 Å². The number of furan rings is 1. The molecule has 0 saturated heterocycles. The lowest BCUT2D eigenvalue weighted by Crippen LogP contribution is -2.09. The molecule has 0 spiro atoms. The van der Waals surface area contributed by atoms with Gasteiger partial charge < -0.3 is 13.9 Å². The summed E-state index contributed by atoms with van der Waals surface area (Å²) >= 11 is 3.47. The first-order valence-electron chi connectivity index (χ1n) is 9.51. The largest absolute Gasteiger partial charge is 0.462 e. The lowest BCUT2D eigenvalue weighted by Gasteiger charge is -2.10. The highest BCUT2D eigenvalue weighted by molar-refractivity contribution is 9.10. The zero-order chi connectivity index (χ0) is 21.7. The third kappa shape index (κ3) is 4.70. The zero-order valence-electron chi connectivity index (χ0n) is 17.5. The minimum atomic E-state index is -0.479. The maximum atomic E-state index is 12.5. The molecular weight excluding hydrogens is 436 g/mol. The van der Waals surface area contributed by atoms with Gasteiger partial charge in [0.25, 0.3) is 0 Å². The van der Waals surface area contributed by atoms with E-state index < -0.39 is 11.9 Å². The van der Waals surface area contributed by atoms with Crippen LogP contribution in [0.3, 0.4) is 0 Å². The number of carbonyl (C=O) groups is 2. The van der Waals surface area contributed by atoms with Gasteiger partial charge in [0.05, 0.1) is 22.0 Å². The molecule has 1 heterocycles. The van der Waals surface area contributed by atoms with Gasteiger partial charge >= 0.3 is 11.9 Å². The van der Waals surface area contributed by atoms with Crippen molar-refractivity contribution in [1.29, 1.82) is 0 Å². The van der Waals surface area contributed by atoms with Crippen molar-refractivity contribution >= 4 is 38.8 Å². The summed E-state index contributed by atoms with van der Waals surface area (Å²) < 4.78 is 17.0. The Morgan fingerprint density at radius 2 is 1.66 bits per heavy atom. The van der Waals surface area contributed by atoms with E-state index in [1.54, 1.807) is 32.0 Å². The van der Waals surface area contributed by atoms with Gasteiger partial charge in [-0.2, -0.15) is 0 Å². The van der Waals surface area contributed by atoms with Gasteiger partial charge in [-0.15, -0.1) is 0 Å².